The molecule has 28 valence electrons. The minimum absolute atomic E-state index is 1.52. The van der Waals surface area contributed by atoms with E-state index >= 15 is 0 Å². The Morgan fingerprint density at radius 2 is 2.50 bits per heavy atom. The number of rotatable bonds is 0. The minimum atomic E-state index is 1.52. The molecule has 1 rings (SSSR count). The third kappa shape index (κ3) is 0.445. The van der Waals surface area contributed by atoms with Gasteiger partial charge >= 0.3 is 0 Å². The van der Waals surface area contributed by atoms with Crippen molar-refractivity contribution in [2.75, 3.05) is 0 Å². The lowest BCUT2D eigenvalue weighted by Gasteiger charge is -1.61. The Labute approximate surface area is 35.1 Å². The summed E-state index contributed by atoms with van der Waals surface area (Å²) in [5.74, 6) is 0. The van der Waals surface area contributed by atoms with Gasteiger partial charge in [0.05, 0.1) is 0 Å². The summed E-state index contributed by atoms with van der Waals surface area (Å²) in [5, 5.41) is 9.92. The van der Waals surface area contributed by atoms with E-state index in [1.165, 1.54) is 6.20 Å². The zero-order chi connectivity index (χ0) is 4.24. The lowest BCUT2D eigenvalue weighted by molar-refractivity contribution is 1.05. The van der Waals surface area contributed by atoms with Crippen LogP contribution in [-0.2, 0) is 0 Å². The van der Waals surface area contributed by atoms with Crippen molar-refractivity contribution in [1.29, 1.82) is 0 Å². The molecule has 0 aliphatic carbocycles. The maximum Gasteiger partial charge on any atom is 0.244 e. The van der Waals surface area contributed by atoms with Crippen LogP contribution in [0.5, 0.6) is 0 Å². The molecule has 0 amide bonds. The lowest BCUT2D eigenvalue weighted by Crippen LogP contribution is -1.63. The van der Waals surface area contributed by atoms with E-state index in [-0.39, 0.29) is 0 Å². The Morgan fingerprint density at radius 1 is 1.50 bits per heavy atom. The fourth-order valence-corrected chi connectivity index (χ4v) is 0.181. The molecular weight excluding hydrogens is 78.1 g/mol. The fourth-order valence-electron chi connectivity index (χ4n) is 0.181. The van der Waals surface area contributed by atoms with E-state index in [1.807, 2.05) is 0 Å². The maximum atomic E-state index is 3.39. The molecule has 0 aromatic rings. The predicted octanol–water partition coefficient (Wildman–Crippen LogP) is 0.829. The first-order chi connectivity index (χ1) is 3.00. The Balaban J connectivity index is 2.77. The minimum Gasteiger partial charge on any atom is -0.0362 e. The fraction of sp³-hybridized carbons (Fsp3) is 0. The molecule has 0 atom stereocenters. The summed E-state index contributed by atoms with van der Waals surface area (Å²) in [6.45, 7) is 0. The molecule has 0 N–H and O–H groups in total. The third-order valence-electron chi connectivity index (χ3n) is 0.370. The van der Waals surface area contributed by atoms with Crippen LogP contribution in [0.3, 0.4) is 0 Å². The summed E-state index contributed by atoms with van der Waals surface area (Å²) in [6, 6.07) is 0. The first-order valence-corrected chi connectivity index (χ1v) is 1.50. The van der Waals surface area contributed by atoms with Gasteiger partial charge in [-0.05, 0) is 5.11 Å². The monoisotopic (exact) mass is 80.0 g/mol. The highest BCUT2D eigenvalue weighted by Gasteiger charge is 1.83. The summed E-state index contributed by atoms with van der Waals surface area (Å²) in [7, 11) is 0. The van der Waals surface area contributed by atoms with Crippen LogP contribution in [0.1, 0.15) is 0 Å². The van der Waals surface area contributed by atoms with Gasteiger partial charge in [-0.3, -0.25) is 0 Å². The van der Waals surface area contributed by atoms with E-state index in [4.69, 9.17) is 0 Å². The van der Waals surface area contributed by atoms with Gasteiger partial charge in [0, 0.05) is 10.3 Å². The number of allylic oxidation sites excluding steroid dienone is 1. The molecule has 0 fully saturated rings. The van der Waals surface area contributed by atoms with Crippen LogP contribution in [0, 0.1) is 0 Å². The van der Waals surface area contributed by atoms with Gasteiger partial charge in [0.1, 0.15) is 0 Å². The number of nitrogens with zero attached hydrogens (tertiary/aromatic N) is 3. The van der Waals surface area contributed by atoms with Gasteiger partial charge in [0.25, 0.3) is 0 Å². The van der Waals surface area contributed by atoms with Crippen molar-refractivity contribution >= 4 is 6.21 Å². The molecule has 0 spiro atoms. The molecule has 0 saturated carbocycles. The first-order valence-electron chi connectivity index (χ1n) is 1.50. The van der Waals surface area contributed by atoms with E-state index in [1.54, 1.807) is 6.08 Å². The Morgan fingerprint density at radius 3 is 2.67 bits per heavy atom. The number of hydrogen-bond donors (Lipinski definition) is 0. The highest BCUT2D eigenvalue weighted by Crippen LogP contribution is 1.82. The van der Waals surface area contributed by atoms with Crippen LogP contribution in [-0.4, -0.2) is 6.21 Å². The first kappa shape index (κ1) is 3.12. The average molecular weight is 80.1 g/mol. The summed E-state index contributed by atoms with van der Waals surface area (Å²) < 4.78 is 0. The highest BCUT2D eigenvalue weighted by molar-refractivity contribution is 5.70. The molecular formula is C3H2N3+. The van der Waals surface area contributed by atoms with Crippen molar-refractivity contribution in [3.05, 3.63) is 12.3 Å². The van der Waals surface area contributed by atoms with Crippen molar-refractivity contribution in [2.45, 2.75) is 0 Å². The van der Waals surface area contributed by atoms with E-state index in [9.17, 15) is 0 Å². The zero-order valence-corrected chi connectivity index (χ0v) is 3.00. The van der Waals surface area contributed by atoms with Gasteiger partial charge in [-0.25, -0.2) is 0 Å². The van der Waals surface area contributed by atoms with Gasteiger partial charge in [-0.1, -0.05) is 0 Å². The van der Waals surface area contributed by atoms with Crippen molar-refractivity contribution in [1.82, 2.24) is 0 Å². The summed E-state index contributed by atoms with van der Waals surface area (Å²) in [4.78, 5) is 0. The Hall–Kier alpha value is -1.08. The average Bonchev–Trinajstić information content (AvgIpc) is 1.72. The van der Waals surface area contributed by atoms with Gasteiger partial charge in [-0.15, -0.1) is 0 Å². The normalized spacial score (nSPS) is 14.7. The number of hydrogen-bond acceptors (Lipinski definition) is 3. The third-order valence-corrected chi connectivity index (χ3v) is 0.370. The maximum absolute atomic E-state index is 3.39. The second-order valence-electron chi connectivity index (χ2n) is 0.750. The SMILES string of the molecule is [C+]1=NN=NC=C1. The quantitative estimate of drug-likeness (QED) is 0.386. The Bertz CT molecular complexity index is 75.4. The summed E-state index contributed by atoms with van der Waals surface area (Å²) in [6.07, 6.45) is 5.58. The van der Waals surface area contributed by atoms with E-state index in [0.29, 0.717) is 0 Å². The molecule has 0 saturated heterocycles. The zero-order valence-electron chi connectivity index (χ0n) is 3.00. The van der Waals surface area contributed by atoms with Crippen LogP contribution < -0.4 is 0 Å². The van der Waals surface area contributed by atoms with Gasteiger partial charge in [0.15, 0.2) is 6.20 Å². The smallest absolute Gasteiger partial charge is 0.0362 e. The molecule has 0 radical (unpaired) electrons. The standard InChI is InChI=1S/C3H2N3/c1-2-4-6-5-3-1/h1-2H/q+1. The molecule has 1 aliphatic heterocycles. The molecule has 1 aliphatic rings. The molecule has 1 heterocycles. The van der Waals surface area contributed by atoms with Crippen LogP contribution in [0.2, 0.25) is 0 Å². The van der Waals surface area contributed by atoms with Crippen molar-refractivity contribution in [3.8, 4) is 0 Å². The van der Waals surface area contributed by atoms with Crippen LogP contribution in [0.15, 0.2) is 27.7 Å². The Kier molecular flexibility index (Phi) is 0.719. The van der Waals surface area contributed by atoms with Gasteiger partial charge < -0.3 is 0 Å². The predicted molar refractivity (Wildman–Crippen MR) is 21.4 cm³/mol. The molecule has 0 aromatic heterocycles. The van der Waals surface area contributed by atoms with Crippen LogP contribution >= 0.6 is 0 Å². The molecule has 0 aromatic carbocycles. The van der Waals surface area contributed by atoms with Crippen molar-refractivity contribution in [3.63, 3.8) is 0 Å². The van der Waals surface area contributed by atoms with E-state index in [2.05, 4.69) is 21.7 Å². The molecule has 0 unspecified atom stereocenters. The molecule has 0 bridgehead atoms. The molecule has 3 nitrogen and oxygen atoms in total. The highest BCUT2D eigenvalue weighted by atomic mass is 15.4. The molecule has 6 heavy (non-hydrogen) atoms. The summed E-state index contributed by atoms with van der Waals surface area (Å²) >= 11 is 0. The topological polar surface area (TPSA) is 37.1 Å². The summed E-state index contributed by atoms with van der Waals surface area (Å²) in [5.41, 5.74) is 0. The van der Waals surface area contributed by atoms with Crippen LogP contribution in [0.25, 0.3) is 0 Å². The van der Waals surface area contributed by atoms with E-state index in [0.717, 1.165) is 0 Å². The van der Waals surface area contributed by atoms with Crippen molar-refractivity contribution in [2.24, 2.45) is 15.4 Å². The largest absolute Gasteiger partial charge is 0.244 e. The lowest BCUT2D eigenvalue weighted by atomic mass is 10.7. The van der Waals surface area contributed by atoms with Crippen LogP contribution in [0.4, 0.5) is 0 Å². The van der Waals surface area contributed by atoms with Gasteiger partial charge in [0.2, 0.25) is 12.3 Å². The van der Waals surface area contributed by atoms with E-state index < -0.39 is 0 Å². The van der Waals surface area contributed by atoms with Gasteiger partial charge in [-0.2, -0.15) is 0 Å². The second-order valence-corrected chi connectivity index (χ2v) is 0.750. The molecule has 3 heteroatoms. The van der Waals surface area contributed by atoms with Crippen molar-refractivity contribution < 1.29 is 0 Å². The second kappa shape index (κ2) is 1.38.